The summed E-state index contributed by atoms with van der Waals surface area (Å²) in [5.74, 6) is -0.0354. The lowest BCUT2D eigenvalue weighted by molar-refractivity contribution is -0.136. The molecule has 1 atom stereocenters. The van der Waals surface area contributed by atoms with Gasteiger partial charge in [-0.2, -0.15) is 0 Å². The number of likely N-dealkylation sites (tertiary alicyclic amines) is 2. The topological polar surface area (TPSA) is 82.9 Å². The fraction of sp³-hybridized carbons (Fsp3) is 0.480. The van der Waals surface area contributed by atoms with E-state index in [0.29, 0.717) is 37.3 Å². The fourth-order valence-electron chi connectivity index (χ4n) is 4.70. The van der Waals surface area contributed by atoms with Crippen LogP contribution in [0, 0.1) is 12.8 Å². The van der Waals surface area contributed by atoms with Gasteiger partial charge in [0.2, 0.25) is 5.91 Å². The van der Waals surface area contributed by atoms with Crippen LogP contribution in [0.4, 0.5) is 0 Å². The number of amides is 3. The minimum Gasteiger partial charge on any atom is -0.459 e. The highest BCUT2D eigenvalue weighted by Gasteiger charge is 2.37. The Kier molecular flexibility index (Phi) is 6.93. The predicted octanol–water partition coefficient (Wildman–Crippen LogP) is 3.25. The molecule has 0 spiro atoms. The molecule has 1 aromatic carbocycles. The first-order valence-electron chi connectivity index (χ1n) is 11.5. The molecule has 7 nitrogen and oxygen atoms in total. The lowest BCUT2D eigenvalue weighted by atomic mass is 9.87. The highest BCUT2D eigenvalue weighted by molar-refractivity contribution is 5.98. The van der Waals surface area contributed by atoms with Gasteiger partial charge >= 0.3 is 0 Å². The number of nitrogens with one attached hydrogen (secondary N) is 1. The number of benzene rings is 1. The van der Waals surface area contributed by atoms with Crippen molar-refractivity contribution in [1.82, 2.24) is 15.1 Å². The monoisotopic (exact) mass is 437 g/mol. The van der Waals surface area contributed by atoms with E-state index in [9.17, 15) is 14.4 Å². The second-order valence-electron chi connectivity index (χ2n) is 8.81. The molecule has 3 heterocycles. The van der Waals surface area contributed by atoms with Crippen molar-refractivity contribution in [2.75, 3.05) is 26.2 Å². The Bertz CT molecular complexity index is 942. The van der Waals surface area contributed by atoms with Crippen LogP contribution in [-0.2, 0) is 4.79 Å². The highest BCUT2D eigenvalue weighted by atomic mass is 16.3. The largest absolute Gasteiger partial charge is 0.459 e. The zero-order valence-electron chi connectivity index (χ0n) is 18.6. The van der Waals surface area contributed by atoms with Gasteiger partial charge in [-0.1, -0.05) is 17.7 Å². The Morgan fingerprint density at radius 1 is 0.969 bits per heavy atom. The van der Waals surface area contributed by atoms with Crippen molar-refractivity contribution in [2.45, 2.75) is 45.1 Å². The van der Waals surface area contributed by atoms with Crippen molar-refractivity contribution in [3.05, 3.63) is 59.5 Å². The van der Waals surface area contributed by atoms with Gasteiger partial charge in [-0.15, -0.1) is 0 Å². The van der Waals surface area contributed by atoms with E-state index < -0.39 is 6.04 Å². The smallest absolute Gasteiger partial charge is 0.289 e. The van der Waals surface area contributed by atoms with Gasteiger partial charge in [0.05, 0.1) is 6.26 Å². The van der Waals surface area contributed by atoms with E-state index in [1.54, 1.807) is 23.1 Å². The summed E-state index contributed by atoms with van der Waals surface area (Å²) in [7, 11) is 0. The minimum absolute atomic E-state index is 0.00140. The molecule has 2 saturated heterocycles. The average molecular weight is 438 g/mol. The fourth-order valence-corrected chi connectivity index (χ4v) is 4.70. The number of nitrogens with zero attached hydrogens (tertiary/aromatic N) is 2. The van der Waals surface area contributed by atoms with E-state index in [1.165, 1.54) is 6.26 Å². The van der Waals surface area contributed by atoms with Crippen LogP contribution in [0.5, 0.6) is 0 Å². The molecule has 0 saturated carbocycles. The van der Waals surface area contributed by atoms with Crippen LogP contribution in [0.2, 0.25) is 0 Å². The molecule has 7 heteroatoms. The highest BCUT2D eigenvalue weighted by Crippen LogP contribution is 2.25. The van der Waals surface area contributed by atoms with E-state index in [1.807, 2.05) is 30.0 Å². The molecular weight excluding hydrogens is 406 g/mol. The van der Waals surface area contributed by atoms with Gasteiger partial charge in [-0.3, -0.25) is 14.4 Å². The minimum atomic E-state index is -0.582. The predicted molar refractivity (Wildman–Crippen MR) is 120 cm³/mol. The lowest BCUT2D eigenvalue weighted by Gasteiger charge is -2.38. The Morgan fingerprint density at radius 3 is 2.38 bits per heavy atom. The summed E-state index contributed by atoms with van der Waals surface area (Å²) in [6.45, 7) is 4.50. The summed E-state index contributed by atoms with van der Waals surface area (Å²) < 4.78 is 5.24. The SMILES string of the molecule is Cc1cccc(C(=O)N[C@@H](C(=O)N2CCCCC2)C2CCN(C(=O)c3ccco3)CC2)c1. The summed E-state index contributed by atoms with van der Waals surface area (Å²) in [5.41, 5.74) is 1.56. The van der Waals surface area contributed by atoms with Crippen LogP contribution in [0.3, 0.4) is 0 Å². The Balaban J connectivity index is 1.47. The summed E-state index contributed by atoms with van der Waals surface area (Å²) in [4.78, 5) is 42.7. The van der Waals surface area contributed by atoms with Gasteiger partial charge in [0.15, 0.2) is 5.76 Å². The van der Waals surface area contributed by atoms with Gasteiger partial charge in [0, 0.05) is 31.7 Å². The number of carbonyl (C=O) groups is 3. The molecule has 2 aliphatic heterocycles. The quantitative estimate of drug-likeness (QED) is 0.778. The summed E-state index contributed by atoms with van der Waals surface area (Å²) in [6, 6.07) is 10.2. The molecule has 1 aromatic heterocycles. The average Bonchev–Trinajstić information content (AvgIpc) is 3.37. The molecule has 170 valence electrons. The Morgan fingerprint density at radius 2 is 1.72 bits per heavy atom. The zero-order valence-corrected chi connectivity index (χ0v) is 18.6. The molecule has 0 radical (unpaired) electrons. The maximum Gasteiger partial charge on any atom is 0.289 e. The third-order valence-corrected chi connectivity index (χ3v) is 6.53. The van der Waals surface area contributed by atoms with Crippen LogP contribution in [0.1, 0.15) is 58.6 Å². The van der Waals surface area contributed by atoms with E-state index in [0.717, 1.165) is 37.9 Å². The first-order valence-corrected chi connectivity index (χ1v) is 11.5. The maximum absolute atomic E-state index is 13.4. The molecule has 32 heavy (non-hydrogen) atoms. The number of piperidine rings is 2. The summed E-state index contributed by atoms with van der Waals surface area (Å²) >= 11 is 0. The Hall–Kier alpha value is -3.09. The van der Waals surface area contributed by atoms with Crippen molar-refractivity contribution in [3.63, 3.8) is 0 Å². The van der Waals surface area contributed by atoms with E-state index >= 15 is 0 Å². The number of rotatable bonds is 5. The Labute approximate surface area is 188 Å². The van der Waals surface area contributed by atoms with Gasteiger partial charge in [-0.05, 0) is 69.2 Å². The van der Waals surface area contributed by atoms with Gasteiger partial charge in [0.25, 0.3) is 11.8 Å². The van der Waals surface area contributed by atoms with E-state index in [4.69, 9.17) is 4.42 Å². The molecule has 3 amide bonds. The molecule has 2 aromatic rings. The van der Waals surface area contributed by atoms with Crippen molar-refractivity contribution in [3.8, 4) is 0 Å². The first-order chi connectivity index (χ1) is 15.5. The van der Waals surface area contributed by atoms with Crippen molar-refractivity contribution < 1.29 is 18.8 Å². The second-order valence-corrected chi connectivity index (χ2v) is 8.81. The second kappa shape index (κ2) is 10.0. The number of hydrogen-bond donors (Lipinski definition) is 1. The van der Waals surface area contributed by atoms with Crippen LogP contribution in [-0.4, -0.2) is 59.7 Å². The summed E-state index contributed by atoms with van der Waals surface area (Å²) in [6.07, 6.45) is 5.95. The molecule has 4 rings (SSSR count). The standard InChI is InChI=1S/C25H31N3O4/c1-18-7-5-8-20(17-18)23(29)26-22(25(31)27-12-3-2-4-13-27)19-10-14-28(15-11-19)24(30)21-9-6-16-32-21/h5-9,16-17,19,22H,2-4,10-15H2,1H3,(H,26,29)/t22-/m1/s1. The summed E-state index contributed by atoms with van der Waals surface area (Å²) in [5, 5.41) is 3.05. The number of hydrogen-bond acceptors (Lipinski definition) is 4. The number of aryl methyl sites for hydroxylation is 1. The van der Waals surface area contributed by atoms with E-state index in [2.05, 4.69) is 5.32 Å². The van der Waals surface area contributed by atoms with Crippen LogP contribution < -0.4 is 5.32 Å². The zero-order chi connectivity index (χ0) is 22.5. The third kappa shape index (κ3) is 5.03. The molecule has 0 bridgehead atoms. The molecule has 2 aliphatic rings. The molecular formula is C25H31N3O4. The van der Waals surface area contributed by atoms with Crippen molar-refractivity contribution >= 4 is 17.7 Å². The van der Waals surface area contributed by atoms with E-state index in [-0.39, 0.29) is 23.6 Å². The van der Waals surface area contributed by atoms with Crippen LogP contribution >= 0.6 is 0 Å². The number of furan rings is 1. The lowest BCUT2D eigenvalue weighted by Crippen LogP contribution is -2.55. The van der Waals surface area contributed by atoms with Gasteiger partial charge in [-0.25, -0.2) is 0 Å². The number of carbonyl (C=O) groups excluding carboxylic acids is 3. The molecule has 2 fully saturated rings. The first kappa shape index (κ1) is 22.1. The normalized spacial score (nSPS) is 18.3. The third-order valence-electron chi connectivity index (χ3n) is 6.53. The van der Waals surface area contributed by atoms with Crippen LogP contribution in [0.15, 0.2) is 47.1 Å². The van der Waals surface area contributed by atoms with Crippen LogP contribution in [0.25, 0.3) is 0 Å². The molecule has 0 unspecified atom stereocenters. The maximum atomic E-state index is 13.4. The van der Waals surface area contributed by atoms with Crippen molar-refractivity contribution in [2.24, 2.45) is 5.92 Å². The van der Waals surface area contributed by atoms with Crippen molar-refractivity contribution in [1.29, 1.82) is 0 Å². The molecule has 1 N–H and O–H groups in total. The molecule has 0 aliphatic carbocycles. The van der Waals surface area contributed by atoms with Gasteiger partial charge < -0.3 is 19.5 Å². The van der Waals surface area contributed by atoms with Gasteiger partial charge in [0.1, 0.15) is 6.04 Å².